The molecule has 222 valence electrons. The summed E-state index contributed by atoms with van der Waals surface area (Å²) in [5, 5.41) is 7.41. The summed E-state index contributed by atoms with van der Waals surface area (Å²) < 4.78 is 71.0. The maximum atomic E-state index is 15.0. The Morgan fingerprint density at radius 3 is 2.81 bits per heavy atom. The van der Waals surface area contributed by atoms with E-state index in [1.54, 1.807) is 29.3 Å². The molecule has 1 N–H and O–H groups in total. The summed E-state index contributed by atoms with van der Waals surface area (Å²) in [4.78, 5) is 19.1. The highest BCUT2D eigenvalue weighted by Crippen LogP contribution is 2.42. The third-order valence-corrected chi connectivity index (χ3v) is 9.52. The number of aromatic nitrogens is 4. The van der Waals surface area contributed by atoms with E-state index in [-0.39, 0.29) is 29.9 Å². The minimum Gasteiger partial charge on any atom is -0.490 e. The largest absolute Gasteiger partial charge is 0.490 e. The number of nitrogens with one attached hydrogen (secondary N) is 1. The molecular weight excluding hydrogens is 592 g/mol. The standard InChI is InChI=1S/C26H27F2N7O5S2/c1-33(26-31-30-15-41-26)42(37,38)32-25(36)22-12-29-24-5-3-18(14-35(22)24)34-13-17(28)11-21(34)20-10-16(27)2-4-23(20)40-19-6-8-39-9-7-19/h2-5,10,12,14-15,17,19,21H,6-9,11,13H2,1H3,(H,32,36)/t17-,21+/m0/s1. The second-order valence-corrected chi connectivity index (χ2v) is 12.5. The lowest BCUT2D eigenvalue weighted by Gasteiger charge is -2.30. The smallest absolute Gasteiger partial charge is 0.328 e. The Balaban J connectivity index is 1.30. The summed E-state index contributed by atoms with van der Waals surface area (Å²) in [5.74, 6) is -0.897. The average Bonchev–Trinajstić information content (AvgIpc) is 3.73. The molecule has 4 aromatic rings. The first-order valence-corrected chi connectivity index (χ1v) is 15.5. The number of rotatable bonds is 8. The third kappa shape index (κ3) is 5.61. The fourth-order valence-corrected chi connectivity index (χ4v) is 6.75. The maximum Gasteiger partial charge on any atom is 0.328 e. The van der Waals surface area contributed by atoms with Gasteiger partial charge < -0.3 is 14.4 Å². The zero-order valence-electron chi connectivity index (χ0n) is 22.4. The van der Waals surface area contributed by atoms with Crippen LogP contribution in [0.25, 0.3) is 5.65 Å². The fraction of sp³-hybridized carbons (Fsp3) is 0.385. The molecule has 2 aliphatic rings. The molecule has 2 fully saturated rings. The molecule has 2 saturated heterocycles. The van der Waals surface area contributed by atoms with E-state index < -0.39 is 34.1 Å². The summed E-state index contributed by atoms with van der Waals surface area (Å²) in [7, 11) is -3.05. The maximum absolute atomic E-state index is 15.0. The Morgan fingerprint density at radius 2 is 2.05 bits per heavy atom. The first-order chi connectivity index (χ1) is 20.2. The van der Waals surface area contributed by atoms with Crippen LogP contribution in [0.3, 0.4) is 0 Å². The molecule has 0 bridgehead atoms. The third-order valence-electron chi connectivity index (χ3n) is 7.30. The minimum atomic E-state index is -4.29. The van der Waals surface area contributed by atoms with Crippen LogP contribution < -0.4 is 18.7 Å². The van der Waals surface area contributed by atoms with E-state index in [1.807, 2.05) is 4.72 Å². The van der Waals surface area contributed by atoms with Gasteiger partial charge >= 0.3 is 10.2 Å². The van der Waals surface area contributed by atoms with Gasteiger partial charge in [0.05, 0.1) is 31.1 Å². The van der Waals surface area contributed by atoms with Crippen molar-refractivity contribution in [1.82, 2.24) is 24.3 Å². The van der Waals surface area contributed by atoms with Gasteiger partial charge in [0.15, 0.2) is 0 Å². The molecule has 0 aliphatic carbocycles. The Bertz CT molecular complexity index is 1700. The van der Waals surface area contributed by atoms with Crippen molar-refractivity contribution in [3.63, 3.8) is 0 Å². The number of halogens is 2. The van der Waals surface area contributed by atoms with Gasteiger partial charge in [-0.1, -0.05) is 11.3 Å². The number of pyridine rings is 1. The van der Waals surface area contributed by atoms with Gasteiger partial charge in [0.1, 0.15) is 40.7 Å². The van der Waals surface area contributed by atoms with E-state index in [2.05, 4.69) is 15.2 Å². The van der Waals surface area contributed by atoms with Crippen LogP contribution >= 0.6 is 11.3 Å². The van der Waals surface area contributed by atoms with Gasteiger partial charge in [0.2, 0.25) is 5.13 Å². The van der Waals surface area contributed by atoms with Gasteiger partial charge in [-0.15, -0.1) is 10.2 Å². The van der Waals surface area contributed by atoms with Crippen molar-refractivity contribution in [3.8, 4) is 5.75 Å². The van der Waals surface area contributed by atoms with E-state index in [1.165, 1.54) is 35.3 Å². The molecule has 1 amide bonds. The number of nitrogens with zero attached hydrogens (tertiary/aromatic N) is 6. The number of hydrogen-bond acceptors (Lipinski definition) is 10. The molecule has 42 heavy (non-hydrogen) atoms. The summed E-state index contributed by atoms with van der Waals surface area (Å²) >= 11 is 0.992. The van der Waals surface area contributed by atoms with Crippen LogP contribution in [-0.4, -0.2) is 73.0 Å². The Morgan fingerprint density at radius 1 is 1.24 bits per heavy atom. The fourth-order valence-electron chi connectivity index (χ4n) is 5.18. The van der Waals surface area contributed by atoms with Crippen LogP contribution in [0.1, 0.15) is 41.4 Å². The molecule has 2 atom stereocenters. The van der Waals surface area contributed by atoms with Crippen molar-refractivity contribution in [2.45, 2.75) is 37.6 Å². The highest BCUT2D eigenvalue weighted by molar-refractivity contribution is 7.91. The second kappa shape index (κ2) is 11.4. The number of carbonyl (C=O) groups is 1. The van der Waals surface area contributed by atoms with E-state index >= 15 is 0 Å². The summed E-state index contributed by atoms with van der Waals surface area (Å²) in [5.41, 5.74) is 2.75. The first-order valence-electron chi connectivity index (χ1n) is 13.2. The minimum absolute atomic E-state index is 0.0284. The zero-order chi connectivity index (χ0) is 29.4. The summed E-state index contributed by atoms with van der Waals surface area (Å²) in [6.45, 7) is 1.17. The van der Waals surface area contributed by atoms with Crippen LogP contribution in [-0.2, 0) is 14.9 Å². The number of benzene rings is 1. The number of amides is 1. The van der Waals surface area contributed by atoms with Crippen LogP contribution in [0, 0.1) is 5.82 Å². The number of ether oxygens (including phenoxy) is 2. The van der Waals surface area contributed by atoms with Gasteiger partial charge in [-0.05, 0) is 30.3 Å². The Hall–Kier alpha value is -3.89. The van der Waals surface area contributed by atoms with Crippen LogP contribution in [0.5, 0.6) is 5.75 Å². The first kappa shape index (κ1) is 28.2. The lowest BCUT2D eigenvalue weighted by atomic mass is 10.0. The molecule has 5 heterocycles. The number of anilines is 2. The number of alkyl halides is 1. The molecule has 0 radical (unpaired) electrons. The van der Waals surface area contributed by atoms with Crippen molar-refractivity contribution in [2.24, 2.45) is 0 Å². The number of imidazole rings is 1. The molecule has 16 heteroatoms. The van der Waals surface area contributed by atoms with Crippen molar-refractivity contribution >= 4 is 43.9 Å². The topological polar surface area (TPSA) is 131 Å². The number of hydrogen-bond donors (Lipinski definition) is 1. The quantitative estimate of drug-likeness (QED) is 0.316. The van der Waals surface area contributed by atoms with E-state index in [4.69, 9.17) is 9.47 Å². The van der Waals surface area contributed by atoms with Crippen LogP contribution in [0.2, 0.25) is 0 Å². The van der Waals surface area contributed by atoms with Crippen molar-refractivity contribution in [1.29, 1.82) is 0 Å². The van der Waals surface area contributed by atoms with Gasteiger partial charge in [0.25, 0.3) is 5.91 Å². The molecule has 0 saturated carbocycles. The molecule has 0 spiro atoms. The van der Waals surface area contributed by atoms with Crippen molar-refractivity contribution in [3.05, 3.63) is 65.3 Å². The predicted molar refractivity (Wildman–Crippen MR) is 150 cm³/mol. The van der Waals surface area contributed by atoms with Crippen LogP contribution in [0.4, 0.5) is 19.6 Å². The van der Waals surface area contributed by atoms with E-state index in [0.717, 1.165) is 15.6 Å². The van der Waals surface area contributed by atoms with Gasteiger partial charge in [0, 0.05) is 44.6 Å². The molecule has 12 nitrogen and oxygen atoms in total. The van der Waals surface area contributed by atoms with Crippen molar-refractivity contribution in [2.75, 3.05) is 36.0 Å². The summed E-state index contributed by atoms with van der Waals surface area (Å²) in [6.07, 6.45) is 3.05. The predicted octanol–water partition coefficient (Wildman–Crippen LogP) is 3.28. The van der Waals surface area contributed by atoms with Crippen LogP contribution in [0.15, 0.2) is 48.2 Å². The monoisotopic (exact) mass is 619 g/mol. The highest BCUT2D eigenvalue weighted by atomic mass is 32.2. The van der Waals surface area contributed by atoms with Gasteiger partial charge in [-0.25, -0.2) is 22.8 Å². The Kier molecular flexibility index (Phi) is 7.67. The van der Waals surface area contributed by atoms with E-state index in [9.17, 15) is 22.0 Å². The lowest BCUT2D eigenvalue weighted by molar-refractivity contribution is 0.0250. The number of carbonyl (C=O) groups excluding carboxylic acids is 1. The highest BCUT2D eigenvalue weighted by Gasteiger charge is 2.36. The second-order valence-electron chi connectivity index (χ2n) is 10.00. The van der Waals surface area contributed by atoms with Gasteiger partial charge in [-0.2, -0.15) is 8.42 Å². The lowest BCUT2D eigenvalue weighted by Crippen LogP contribution is -2.42. The molecule has 0 unspecified atom stereocenters. The molecule has 6 rings (SSSR count). The molecule has 3 aromatic heterocycles. The van der Waals surface area contributed by atoms with Crippen molar-refractivity contribution < 1.29 is 31.5 Å². The van der Waals surface area contributed by atoms with E-state index in [0.29, 0.717) is 48.7 Å². The van der Waals surface area contributed by atoms with Gasteiger partial charge in [-0.3, -0.25) is 9.20 Å². The number of fused-ring (bicyclic) bond motifs is 1. The normalized spacial score (nSPS) is 19.7. The molecular formula is C26H27F2N7O5S2. The Labute approximate surface area is 244 Å². The zero-order valence-corrected chi connectivity index (χ0v) is 24.0. The summed E-state index contributed by atoms with van der Waals surface area (Å²) in [6, 6.07) is 7.09. The molecule has 1 aromatic carbocycles. The average molecular weight is 620 g/mol. The molecule has 2 aliphatic heterocycles. The SMILES string of the molecule is CN(c1nncs1)S(=O)(=O)NC(=O)c1cnc2ccc(N3C[C@@H](F)C[C@@H]3c3cc(F)ccc3OC3CCOCC3)cn12.